The summed E-state index contributed by atoms with van der Waals surface area (Å²) in [5.41, 5.74) is 3.28. The largest absolute Gasteiger partial charge is 0.497 e. The van der Waals surface area contributed by atoms with Crippen molar-refractivity contribution in [3.05, 3.63) is 89.7 Å². The highest BCUT2D eigenvalue weighted by Crippen LogP contribution is 2.21. The normalized spacial score (nSPS) is 11.1. The molecule has 0 saturated carbocycles. The third-order valence-corrected chi connectivity index (χ3v) is 6.53. The fourth-order valence-corrected chi connectivity index (χ4v) is 4.33. The van der Waals surface area contributed by atoms with E-state index in [0.29, 0.717) is 28.5 Å². The highest BCUT2D eigenvalue weighted by molar-refractivity contribution is 7.92. The number of carbonyl (C=O) groups excluding carboxylic acids is 1. The van der Waals surface area contributed by atoms with Crippen molar-refractivity contribution >= 4 is 27.3 Å². The zero-order valence-corrected chi connectivity index (χ0v) is 19.6. The second-order valence-corrected chi connectivity index (χ2v) is 9.27. The lowest BCUT2D eigenvalue weighted by atomic mass is 10.2. The molecule has 4 aromatic rings. The van der Waals surface area contributed by atoms with Crippen molar-refractivity contribution < 1.29 is 17.9 Å². The smallest absolute Gasteiger partial charge is 0.278 e. The molecular weight excluding hydrogens is 454 g/mol. The molecule has 10 heteroatoms. The first-order chi connectivity index (χ1) is 16.3. The molecule has 3 aromatic carbocycles. The van der Waals surface area contributed by atoms with Crippen molar-refractivity contribution in [2.45, 2.75) is 18.7 Å². The lowest BCUT2D eigenvalue weighted by Gasteiger charge is -2.10. The Kier molecular flexibility index (Phi) is 6.33. The minimum atomic E-state index is -3.71. The number of nitrogens with zero attached hydrogens (tertiary/aromatic N) is 3. The van der Waals surface area contributed by atoms with Gasteiger partial charge in [-0.1, -0.05) is 29.0 Å². The molecule has 0 fully saturated rings. The SMILES string of the molecule is COc1cccc(-n2nnc(C(=O)Nc3ccc(NS(=O)(=O)c4ccc(C)cc4)cc3)c2C)c1. The minimum Gasteiger partial charge on any atom is -0.497 e. The van der Waals surface area contributed by atoms with E-state index in [1.165, 1.54) is 0 Å². The number of sulfonamides is 1. The Morgan fingerprint density at radius 2 is 1.62 bits per heavy atom. The maximum Gasteiger partial charge on any atom is 0.278 e. The van der Waals surface area contributed by atoms with E-state index in [1.54, 1.807) is 73.3 Å². The predicted octanol–water partition coefficient (Wildman–Crippen LogP) is 3.95. The van der Waals surface area contributed by atoms with Gasteiger partial charge in [-0.25, -0.2) is 13.1 Å². The Hall–Kier alpha value is -4.18. The molecule has 1 amide bonds. The number of carbonyl (C=O) groups is 1. The van der Waals surface area contributed by atoms with Gasteiger partial charge in [0, 0.05) is 17.4 Å². The van der Waals surface area contributed by atoms with E-state index in [0.717, 1.165) is 5.56 Å². The van der Waals surface area contributed by atoms with Gasteiger partial charge < -0.3 is 10.1 Å². The lowest BCUT2D eigenvalue weighted by molar-refractivity contribution is 0.102. The minimum absolute atomic E-state index is 0.171. The summed E-state index contributed by atoms with van der Waals surface area (Å²) in [5.74, 6) is 0.233. The van der Waals surface area contributed by atoms with Gasteiger partial charge in [-0.15, -0.1) is 5.10 Å². The average molecular weight is 478 g/mol. The van der Waals surface area contributed by atoms with Gasteiger partial charge in [0.05, 0.1) is 23.4 Å². The number of aryl methyl sites for hydroxylation is 1. The Balaban J connectivity index is 1.46. The van der Waals surface area contributed by atoms with Crippen LogP contribution < -0.4 is 14.8 Å². The molecule has 1 heterocycles. The molecule has 0 saturated heterocycles. The van der Waals surface area contributed by atoms with Crippen molar-refractivity contribution in [3.8, 4) is 11.4 Å². The molecule has 34 heavy (non-hydrogen) atoms. The van der Waals surface area contributed by atoms with Crippen LogP contribution in [0.15, 0.2) is 77.7 Å². The lowest BCUT2D eigenvalue weighted by Crippen LogP contribution is -2.15. The van der Waals surface area contributed by atoms with E-state index in [1.807, 2.05) is 25.1 Å². The number of anilines is 2. The molecule has 0 aliphatic heterocycles. The summed E-state index contributed by atoms with van der Waals surface area (Å²) in [6.45, 7) is 3.63. The van der Waals surface area contributed by atoms with Gasteiger partial charge >= 0.3 is 0 Å². The standard InChI is InChI=1S/C24H23N5O4S/c1-16-7-13-22(14-8-16)34(31,32)27-19-11-9-18(10-12-19)25-24(30)23-17(2)29(28-26-23)20-5-4-6-21(15-20)33-3/h4-15,27H,1-3H3,(H,25,30). The van der Waals surface area contributed by atoms with E-state index < -0.39 is 15.9 Å². The number of ether oxygens (including phenoxy) is 1. The summed E-state index contributed by atoms with van der Waals surface area (Å²) in [7, 11) is -2.14. The molecule has 4 rings (SSSR count). The third-order valence-electron chi connectivity index (χ3n) is 5.13. The van der Waals surface area contributed by atoms with Crippen LogP contribution in [0.2, 0.25) is 0 Å². The molecule has 0 spiro atoms. The number of nitrogens with one attached hydrogen (secondary N) is 2. The summed E-state index contributed by atoms with van der Waals surface area (Å²) in [6.07, 6.45) is 0. The molecule has 0 bridgehead atoms. The first kappa shape index (κ1) is 23.0. The summed E-state index contributed by atoms with van der Waals surface area (Å²) < 4.78 is 34.4. The Labute approximate surface area is 197 Å². The summed E-state index contributed by atoms with van der Waals surface area (Å²) in [4.78, 5) is 12.9. The van der Waals surface area contributed by atoms with Crippen molar-refractivity contribution in [1.29, 1.82) is 0 Å². The first-order valence-corrected chi connectivity index (χ1v) is 11.8. The summed E-state index contributed by atoms with van der Waals surface area (Å²) in [5, 5.41) is 10.9. The van der Waals surface area contributed by atoms with Crippen LogP contribution in [-0.2, 0) is 10.0 Å². The molecule has 0 aliphatic rings. The maximum absolute atomic E-state index is 12.8. The molecule has 0 atom stereocenters. The maximum atomic E-state index is 12.8. The van der Waals surface area contributed by atoms with Gasteiger partial charge in [-0.2, -0.15) is 0 Å². The highest BCUT2D eigenvalue weighted by atomic mass is 32.2. The van der Waals surface area contributed by atoms with E-state index in [9.17, 15) is 13.2 Å². The van der Waals surface area contributed by atoms with E-state index >= 15 is 0 Å². The van der Waals surface area contributed by atoms with Crippen LogP contribution in [0.25, 0.3) is 5.69 Å². The van der Waals surface area contributed by atoms with E-state index in [4.69, 9.17) is 4.74 Å². The van der Waals surface area contributed by atoms with Crippen molar-refractivity contribution in [2.24, 2.45) is 0 Å². The van der Waals surface area contributed by atoms with Crippen molar-refractivity contribution in [1.82, 2.24) is 15.0 Å². The number of hydrogen-bond donors (Lipinski definition) is 2. The number of benzene rings is 3. The number of amides is 1. The highest BCUT2D eigenvalue weighted by Gasteiger charge is 2.18. The molecule has 9 nitrogen and oxygen atoms in total. The summed E-state index contributed by atoms with van der Waals surface area (Å²) in [6, 6.07) is 20.2. The van der Waals surface area contributed by atoms with Gasteiger partial charge in [0.25, 0.3) is 15.9 Å². The fraction of sp³-hybridized carbons (Fsp3) is 0.125. The quantitative estimate of drug-likeness (QED) is 0.417. The molecule has 1 aromatic heterocycles. The Bertz CT molecular complexity index is 1430. The van der Waals surface area contributed by atoms with Crippen LogP contribution >= 0.6 is 0 Å². The van der Waals surface area contributed by atoms with Crippen molar-refractivity contribution in [3.63, 3.8) is 0 Å². The molecule has 174 valence electrons. The van der Waals surface area contributed by atoms with Crippen LogP contribution in [-0.4, -0.2) is 36.4 Å². The van der Waals surface area contributed by atoms with Crippen LogP contribution in [0.5, 0.6) is 5.75 Å². The molecule has 2 N–H and O–H groups in total. The van der Waals surface area contributed by atoms with E-state index in [2.05, 4.69) is 20.4 Å². The third kappa shape index (κ3) is 4.91. The van der Waals surface area contributed by atoms with Gasteiger partial charge in [-0.3, -0.25) is 9.52 Å². The summed E-state index contributed by atoms with van der Waals surface area (Å²) >= 11 is 0. The molecule has 0 unspecified atom stereocenters. The first-order valence-electron chi connectivity index (χ1n) is 10.3. The van der Waals surface area contributed by atoms with Crippen LogP contribution in [0.4, 0.5) is 11.4 Å². The number of hydrogen-bond acceptors (Lipinski definition) is 6. The molecular formula is C24H23N5O4S. The zero-order valence-electron chi connectivity index (χ0n) is 18.8. The molecule has 0 radical (unpaired) electrons. The van der Waals surface area contributed by atoms with E-state index in [-0.39, 0.29) is 10.6 Å². The topological polar surface area (TPSA) is 115 Å². The van der Waals surface area contributed by atoms with Crippen LogP contribution in [0.3, 0.4) is 0 Å². The van der Waals surface area contributed by atoms with Crippen LogP contribution in [0, 0.1) is 13.8 Å². The van der Waals surface area contributed by atoms with Gasteiger partial charge in [0.15, 0.2) is 5.69 Å². The monoisotopic (exact) mass is 477 g/mol. The fourth-order valence-electron chi connectivity index (χ4n) is 3.27. The zero-order chi connectivity index (χ0) is 24.3. The van der Waals surface area contributed by atoms with Crippen molar-refractivity contribution in [2.75, 3.05) is 17.1 Å². The Morgan fingerprint density at radius 1 is 0.941 bits per heavy atom. The molecule has 0 aliphatic carbocycles. The number of aromatic nitrogens is 3. The second kappa shape index (κ2) is 9.36. The number of rotatable bonds is 7. The second-order valence-electron chi connectivity index (χ2n) is 7.59. The number of methoxy groups -OCH3 is 1. The van der Waals surface area contributed by atoms with Gasteiger partial charge in [-0.05, 0) is 62.4 Å². The Morgan fingerprint density at radius 3 is 2.29 bits per heavy atom. The predicted molar refractivity (Wildman–Crippen MR) is 129 cm³/mol. The van der Waals surface area contributed by atoms with Gasteiger partial charge in [0.2, 0.25) is 0 Å². The van der Waals surface area contributed by atoms with Gasteiger partial charge in [0.1, 0.15) is 5.75 Å². The average Bonchev–Trinajstić information content (AvgIpc) is 3.22. The van der Waals surface area contributed by atoms with Crippen LogP contribution in [0.1, 0.15) is 21.7 Å².